The molecule has 69 heavy (non-hydrogen) atoms. The number of H-pyrrole nitrogens is 1. The van der Waals surface area contributed by atoms with Gasteiger partial charge in [-0.15, -0.1) is 21.2 Å². The Morgan fingerprint density at radius 2 is 1.96 bits per heavy atom. The zero-order valence-corrected chi connectivity index (χ0v) is 41.9. The van der Waals surface area contributed by atoms with Crippen molar-refractivity contribution in [3.63, 3.8) is 0 Å². The Morgan fingerprint density at radius 1 is 1.17 bits per heavy atom. The largest absolute Gasteiger partial charge is 0.492 e. The first-order valence-corrected chi connectivity index (χ1v) is 26.5. The summed E-state index contributed by atoms with van der Waals surface area (Å²) >= 11 is 6.63. The number of nitrogens with one attached hydrogen (secondary N) is 3. The molecule has 4 heterocycles. The molecule has 4 aliphatic rings. The number of ether oxygens (including phenoxy) is 7. The second-order valence-corrected chi connectivity index (χ2v) is 21.4. The van der Waals surface area contributed by atoms with Crippen molar-refractivity contribution in [1.29, 1.82) is 0 Å². The van der Waals surface area contributed by atoms with Crippen molar-refractivity contribution in [1.82, 2.24) is 20.6 Å². The van der Waals surface area contributed by atoms with E-state index in [1.807, 2.05) is 38.3 Å². The minimum atomic E-state index is -1.77. The maximum Gasteiger partial charge on any atom is 0.407 e. The van der Waals surface area contributed by atoms with Crippen LogP contribution < -0.4 is 21.1 Å². The molecule has 2 aliphatic heterocycles. The van der Waals surface area contributed by atoms with Gasteiger partial charge < -0.3 is 64.7 Å². The number of aliphatic hydroxyl groups is 2. The van der Waals surface area contributed by atoms with Gasteiger partial charge in [0, 0.05) is 71.9 Å². The quantitative estimate of drug-likeness (QED) is 0.0895. The number of Topliss-reactive ketones (excluding diaryl/α,β-unsaturated/α-hetero) is 2. The molecule has 1 aromatic carbocycles. The average molecular weight is 1010 g/mol. The van der Waals surface area contributed by atoms with Gasteiger partial charge in [-0.2, -0.15) is 0 Å². The normalized spacial score (nSPS) is 30.8. The smallest absolute Gasteiger partial charge is 0.407 e. The van der Waals surface area contributed by atoms with Gasteiger partial charge in [-0.25, -0.2) is 4.79 Å². The lowest BCUT2D eigenvalue weighted by Gasteiger charge is -2.51. The molecule has 7 N–H and O–H groups in total. The predicted octanol–water partition coefficient (Wildman–Crippen LogP) is 2.91. The summed E-state index contributed by atoms with van der Waals surface area (Å²) in [5, 5.41) is 32.4. The van der Waals surface area contributed by atoms with E-state index in [1.165, 1.54) is 12.2 Å². The fourth-order valence-corrected chi connectivity index (χ4v) is 10.8. The number of fused-ring (bicyclic) bond motifs is 3. The second kappa shape index (κ2) is 23.1. The number of carbonyl (C=O) groups is 3. The van der Waals surface area contributed by atoms with Crippen LogP contribution in [-0.4, -0.2) is 162 Å². The third kappa shape index (κ3) is 11.2. The van der Waals surface area contributed by atoms with Gasteiger partial charge in [0.25, 0.3) is 0 Å². The maximum atomic E-state index is 15.5. The molecule has 12 atom stereocenters. The molecular weight excluding hydrogens is 947 g/mol. The van der Waals surface area contributed by atoms with Crippen LogP contribution in [0.5, 0.6) is 5.75 Å². The summed E-state index contributed by atoms with van der Waals surface area (Å²) in [6.45, 7) is 6.55. The summed E-state index contributed by atoms with van der Waals surface area (Å²) in [6.07, 6.45) is -1.14. The molecule has 20 heteroatoms. The van der Waals surface area contributed by atoms with E-state index in [4.69, 9.17) is 50.1 Å². The second-order valence-electron chi connectivity index (χ2n) is 17.2. The van der Waals surface area contributed by atoms with Gasteiger partial charge in [0.2, 0.25) is 5.78 Å². The van der Waals surface area contributed by atoms with E-state index in [-0.39, 0.29) is 53.6 Å². The summed E-state index contributed by atoms with van der Waals surface area (Å²) in [7, 11) is 2.20. The number of nitrogens with two attached hydrogens (primary N) is 1. The SMILES string of the molecule is COC(=O)NC1C(=O)C[C@H](O)/C(=C/CS(C)=S)C2=C1C#C/C=C\C#C[C@@H]2OC1OC(C)C(SC)(C(=O)c2nccc3c2[nH]c2ccc(OCCN)cc23)C(O)C1OC1CC(OC)C(NC(C)C)CO1. The third-order valence-corrected chi connectivity index (χ3v) is 14.9. The number of benzene rings is 1. The van der Waals surface area contributed by atoms with Crippen molar-refractivity contribution in [3.05, 3.63) is 71.1 Å². The Labute approximate surface area is 412 Å². The summed E-state index contributed by atoms with van der Waals surface area (Å²) in [5.74, 6) is 11.8. The average Bonchev–Trinajstić information content (AvgIpc) is 3.70. The lowest BCUT2D eigenvalue weighted by atomic mass is 9.83. The number of aromatic nitrogens is 2. The van der Waals surface area contributed by atoms with E-state index in [0.717, 1.165) is 29.8 Å². The molecule has 2 aromatic heterocycles. The van der Waals surface area contributed by atoms with Gasteiger partial charge in [0.15, 0.2) is 18.4 Å². The van der Waals surface area contributed by atoms with Gasteiger partial charge in [0.05, 0.1) is 43.6 Å². The molecule has 1 amide bonds. The molecule has 17 nitrogen and oxygen atoms in total. The zero-order chi connectivity index (χ0) is 49.6. The van der Waals surface area contributed by atoms with Crippen LogP contribution in [0, 0.1) is 23.7 Å². The molecular formula is C49H59N5O12S3. The number of methoxy groups -OCH3 is 2. The van der Waals surface area contributed by atoms with Crippen molar-refractivity contribution in [3.8, 4) is 29.4 Å². The first-order chi connectivity index (χ1) is 33.1. The van der Waals surface area contributed by atoms with Crippen LogP contribution in [0.1, 0.15) is 44.1 Å². The molecule has 2 fully saturated rings. The number of pyridine rings is 1. The number of hydrogen-bond acceptors (Lipinski definition) is 17. The molecule has 0 radical (unpaired) electrons. The molecule has 0 bridgehead atoms. The topological polar surface area (TPSA) is 235 Å². The van der Waals surface area contributed by atoms with Gasteiger partial charge >= 0.3 is 6.09 Å². The number of thioether (sulfide) groups is 1. The van der Waals surface area contributed by atoms with Gasteiger partial charge in [-0.1, -0.05) is 54.8 Å². The summed E-state index contributed by atoms with van der Waals surface area (Å²) in [5.41, 5.74) is 7.46. The van der Waals surface area contributed by atoms with Crippen LogP contribution in [-0.2, 0) is 53.9 Å². The van der Waals surface area contributed by atoms with Gasteiger partial charge in [-0.05, 0) is 61.4 Å². The summed E-state index contributed by atoms with van der Waals surface area (Å²) < 4.78 is 41.7. The predicted molar refractivity (Wildman–Crippen MR) is 266 cm³/mol. The van der Waals surface area contributed by atoms with E-state index in [9.17, 15) is 19.8 Å². The monoisotopic (exact) mass is 1010 g/mol. The number of aromatic amines is 1. The minimum Gasteiger partial charge on any atom is -0.492 e. The maximum absolute atomic E-state index is 15.5. The Kier molecular flexibility index (Phi) is 17.5. The van der Waals surface area contributed by atoms with Crippen LogP contribution in [0.3, 0.4) is 0 Å². The van der Waals surface area contributed by atoms with Crippen LogP contribution in [0.2, 0.25) is 0 Å². The molecule has 0 saturated carbocycles. The molecule has 3 aromatic rings. The number of ketones is 2. The van der Waals surface area contributed by atoms with E-state index in [0.29, 0.717) is 35.6 Å². The van der Waals surface area contributed by atoms with Crippen molar-refractivity contribution in [2.24, 2.45) is 5.73 Å². The molecule has 2 aliphatic carbocycles. The minimum absolute atomic E-state index is 0.0565. The van der Waals surface area contributed by atoms with Crippen molar-refractivity contribution in [2.45, 2.75) is 106 Å². The van der Waals surface area contributed by atoms with Crippen LogP contribution >= 0.6 is 11.8 Å². The Morgan fingerprint density at radius 3 is 2.67 bits per heavy atom. The number of rotatable bonds is 16. The number of nitrogens with zero attached hydrogens (tertiary/aromatic N) is 1. The van der Waals surface area contributed by atoms with Gasteiger partial charge in [0.1, 0.15) is 47.2 Å². The van der Waals surface area contributed by atoms with E-state index < -0.39 is 87.4 Å². The highest BCUT2D eigenvalue weighted by atomic mass is 32.8. The fourth-order valence-electron chi connectivity index (χ4n) is 9.16. The number of allylic oxidation sites excluding steroid dienone is 2. The Bertz CT molecular complexity index is 2670. The number of aliphatic hydroxyl groups excluding tert-OH is 2. The lowest BCUT2D eigenvalue weighted by molar-refractivity contribution is -0.322. The first kappa shape index (κ1) is 52.3. The number of amides is 1. The van der Waals surface area contributed by atoms with Crippen molar-refractivity contribution >= 4 is 71.9 Å². The molecule has 0 spiro atoms. The number of hydrogen-bond donors (Lipinski definition) is 6. The number of carbonyl (C=O) groups excluding carboxylic acids is 3. The van der Waals surface area contributed by atoms with E-state index >= 15 is 4.79 Å². The Balaban J connectivity index is 1.35. The van der Waals surface area contributed by atoms with E-state index in [1.54, 1.807) is 38.6 Å². The summed E-state index contributed by atoms with van der Waals surface area (Å²) in [6, 6.07) is 5.89. The van der Waals surface area contributed by atoms with E-state index in [2.05, 4.69) is 44.3 Å². The molecule has 7 rings (SSSR count). The Hall–Kier alpha value is -4.52. The first-order valence-electron chi connectivity index (χ1n) is 22.5. The highest BCUT2D eigenvalue weighted by Crippen LogP contribution is 2.46. The lowest BCUT2D eigenvalue weighted by Crippen LogP contribution is -2.68. The van der Waals surface area contributed by atoms with Crippen molar-refractivity contribution in [2.75, 3.05) is 52.2 Å². The number of alkyl carbamates (subject to hydrolysis) is 1. The van der Waals surface area contributed by atoms with Gasteiger partial charge in [-0.3, -0.25) is 14.6 Å². The molecule has 370 valence electrons. The third-order valence-electron chi connectivity index (χ3n) is 12.4. The highest BCUT2D eigenvalue weighted by molar-refractivity contribution is 8.28. The fraction of sp³-hybridized carbons (Fsp3) is 0.510. The summed E-state index contributed by atoms with van der Waals surface area (Å²) in [4.78, 5) is 50.2. The van der Waals surface area contributed by atoms with Crippen molar-refractivity contribution < 1.29 is 57.8 Å². The van der Waals surface area contributed by atoms with Crippen LogP contribution in [0.15, 0.2) is 65.4 Å². The molecule has 2 saturated heterocycles. The van der Waals surface area contributed by atoms with Crippen LogP contribution in [0.25, 0.3) is 21.8 Å². The zero-order valence-electron chi connectivity index (χ0n) is 39.4. The van der Waals surface area contributed by atoms with Crippen LogP contribution in [0.4, 0.5) is 4.79 Å². The standard InChI is InChI=1S/C49H59N5O12S3/c1-26(2)52-34-25-63-39(24-38(34)60-4)66-44-46(58)49(68-6,45(57)43-42-29(16-19-51-43)32-22-28(62-20-18-50)14-15-33(32)53-42)27(3)64-47(44)65-37-13-11-9-8-10-12-31-40(37)30(17-21-69(7)67)35(55)23-36(56)41(31)54-48(59)61-5/h8-9,14-17,19,22,26-27,34-35,37-39,41,44,46-47,52-53,55,58H,18,20-21,23-25,50H2,1-7H3,(H,54,59)/b9-8-,30-17-/t27?,34?,35-,37-,38?,39?,41?,44?,46?,47?,49?,69?/m0/s1. The highest BCUT2D eigenvalue weighted by Gasteiger charge is 2.61. The molecule has 10 unspecified atom stereocenters.